The summed E-state index contributed by atoms with van der Waals surface area (Å²) in [7, 11) is 0. The maximum Gasteiger partial charge on any atom is 0.278 e. The van der Waals surface area contributed by atoms with Gasteiger partial charge in [-0.2, -0.15) is 4.98 Å². The Hall–Kier alpha value is -3.61. The molecule has 0 bridgehead atoms. The minimum Gasteiger partial charge on any atom is -0.457 e. The van der Waals surface area contributed by atoms with Crippen LogP contribution in [0.5, 0.6) is 11.5 Å². The zero-order chi connectivity index (χ0) is 17.9. The third kappa shape index (κ3) is 3.27. The van der Waals surface area contributed by atoms with Gasteiger partial charge in [-0.05, 0) is 36.4 Å². The second-order valence-electron chi connectivity index (χ2n) is 5.70. The molecule has 26 heavy (non-hydrogen) atoms. The molecule has 0 fully saturated rings. The molecular weight excluding hydrogens is 330 g/mol. The van der Waals surface area contributed by atoms with Crippen molar-refractivity contribution in [1.29, 1.82) is 0 Å². The summed E-state index contributed by atoms with van der Waals surface area (Å²) in [6, 6.07) is 15.0. The molecule has 0 aliphatic rings. The average molecular weight is 347 g/mol. The quantitative estimate of drug-likeness (QED) is 0.551. The summed E-state index contributed by atoms with van der Waals surface area (Å²) >= 11 is 0. The molecule has 7 heteroatoms. The molecule has 0 amide bonds. The van der Waals surface area contributed by atoms with Crippen molar-refractivity contribution in [3.63, 3.8) is 0 Å². The molecule has 4 rings (SSSR count). The minimum absolute atomic E-state index is 0.412. The van der Waals surface area contributed by atoms with Gasteiger partial charge in [0.15, 0.2) is 5.82 Å². The monoisotopic (exact) mass is 347 g/mol. The highest BCUT2D eigenvalue weighted by Gasteiger charge is 2.11. The van der Waals surface area contributed by atoms with Crippen LogP contribution in [-0.2, 0) is 6.42 Å². The lowest BCUT2D eigenvalue weighted by molar-refractivity contribution is 0.422. The lowest BCUT2D eigenvalue weighted by Crippen LogP contribution is -1.91. The highest BCUT2D eigenvalue weighted by atomic mass is 16.5. The van der Waals surface area contributed by atoms with E-state index in [2.05, 4.69) is 15.1 Å². The molecule has 0 aliphatic carbocycles. The zero-order valence-corrected chi connectivity index (χ0v) is 14.2. The van der Waals surface area contributed by atoms with Crippen LogP contribution >= 0.6 is 0 Å². The Bertz CT molecular complexity index is 1020. The van der Waals surface area contributed by atoms with E-state index in [-0.39, 0.29) is 0 Å². The number of nitrogen functional groups attached to an aromatic ring is 1. The molecule has 7 nitrogen and oxygen atoms in total. The Morgan fingerprint density at radius 2 is 1.96 bits per heavy atom. The Labute approximate surface area is 150 Å². The molecule has 2 aromatic heterocycles. The molecule has 0 unspecified atom stereocenters. The maximum absolute atomic E-state index is 5.87. The van der Waals surface area contributed by atoms with E-state index in [9.17, 15) is 0 Å². The topological polar surface area (TPSA) is 92.0 Å². The number of hydrogen-bond acceptors (Lipinski definition) is 6. The van der Waals surface area contributed by atoms with Gasteiger partial charge in [-0.1, -0.05) is 18.1 Å². The third-order valence-electron chi connectivity index (χ3n) is 3.82. The SMILES string of the molecule is CCc1noc(-c2cn(-c3cccc(Oc4ccc(N)cc4)c3)cn2)n1. The lowest BCUT2D eigenvalue weighted by atomic mass is 10.3. The van der Waals surface area contributed by atoms with Crippen LogP contribution in [0.15, 0.2) is 65.6 Å². The number of aromatic nitrogens is 4. The number of benzene rings is 2. The molecule has 0 atom stereocenters. The number of aryl methyl sites for hydroxylation is 1. The van der Waals surface area contributed by atoms with Gasteiger partial charge in [-0.15, -0.1) is 0 Å². The van der Waals surface area contributed by atoms with Gasteiger partial charge < -0.3 is 19.6 Å². The molecule has 2 N–H and O–H groups in total. The van der Waals surface area contributed by atoms with Crippen molar-refractivity contribution in [3.8, 4) is 28.8 Å². The average Bonchev–Trinajstić information content (AvgIpc) is 3.33. The van der Waals surface area contributed by atoms with Gasteiger partial charge in [0.25, 0.3) is 5.89 Å². The van der Waals surface area contributed by atoms with E-state index in [1.807, 2.05) is 54.1 Å². The van der Waals surface area contributed by atoms with Crippen LogP contribution in [0.1, 0.15) is 12.7 Å². The van der Waals surface area contributed by atoms with E-state index in [0.29, 0.717) is 35.3 Å². The fourth-order valence-corrected chi connectivity index (χ4v) is 2.46. The third-order valence-corrected chi connectivity index (χ3v) is 3.82. The Kier molecular flexibility index (Phi) is 4.10. The van der Waals surface area contributed by atoms with Crippen molar-refractivity contribution < 1.29 is 9.26 Å². The van der Waals surface area contributed by atoms with E-state index >= 15 is 0 Å². The normalized spacial score (nSPS) is 10.8. The first-order valence-electron chi connectivity index (χ1n) is 8.22. The largest absolute Gasteiger partial charge is 0.457 e. The molecule has 0 saturated heterocycles. The predicted octanol–water partition coefficient (Wildman–Crippen LogP) is 3.86. The van der Waals surface area contributed by atoms with Crippen molar-refractivity contribution in [2.45, 2.75) is 13.3 Å². The molecule has 2 aromatic carbocycles. The highest BCUT2D eigenvalue weighted by molar-refractivity contribution is 5.49. The summed E-state index contributed by atoms with van der Waals surface area (Å²) in [5, 5.41) is 3.90. The summed E-state index contributed by atoms with van der Waals surface area (Å²) in [6.07, 6.45) is 4.26. The van der Waals surface area contributed by atoms with Crippen LogP contribution in [0.3, 0.4) is 0 Å². The molecule has 2 heterocycles. The first-order valence-corrected chi connectivity index (χ1v) is 8.22. The second-order valence-corrected chi connectivity index (χ2v) is 5.70. The number of hydrogen-bond donors (Lipinski definition) is 1. The summed E-state index contributed by atoms with van der Waals surface area (Å²) in [5.74, 6) is 2.51. The van der Waals surface area contributed by atoms with Gasteiger partial charge in [0.05, 0.1) is 5.69 Å². The van der Waals surface area contributed by atoms with E-state index in [1.54, 1.807) is 18.5 Å². The fraction of sp³-hybridized carbons (Fsp3) is 0.105. The van der Waals surface area contributed by atoms with Crippen molar-refractivity contribution in [2.75, 3.05) is 5.73 Å². The summed E-state index contributed by atoms with van der Waals surface area (Å²) in [4.78, 5) is 8.64. The predicted molar refractivity (Wildman–Crippen MR) is 97.2 cm³/mol. The number of ether oxygens (including phenoxy) is 1. The zero-order valence-electron chi connectivity index (χ0n) is 14.2. The van der Waals surface area contributed by atoms with Crippen LogP contribution in [0.25, 0.3) is 17.3 Å². The number of imidazole rings is 1. The molecule has 130 valence electrons. The van der Waals surface area contributed by atoms with Crippen LogP contribution in [0, 0.1) is 0 Å². The van der Waals surface area contributed by atoms with E-state index in [0.717, 1.165) is 11.4 Å². The molecular formula is C19H17N5O2. The Morgan fingerprint density at radius 3 is 2.73 bits per heavy atom. The van der Waals surface area contributed by atoms with Crippen LogP contribution < -0.4 is 10.5 Å². The summed E-state index contributed by atoms with van der Waals surface area (Å²) in [5.41, 5.74) is 7.93. The molecule has 0 saturated carbocycles. The molecule has 0 aliphatic heterocycles. The smallest absolute Gasteiger partial charge is 0.278 e. The molecule has 0 radical (unpaired) electrons. The van der Waals surface area contributed by atoms with Gasteiger partial charge in [0, 0.05) is 24.4 Å². The highest BCUT2D eigenvalue weighted by Crippen LogP contribution is 2.25. The first kappa shape index (κ1) is 15.9. The summed E-state index contributed by atoms with van der Waals surface area (Å²) < 4.78 is 13.0. The first-order chi connectivity index (χ1) is 12.7. The molecule has 4 aromatic rings. The van der Waals surface area contributed by atoms with Crippen molar-refractivity contribution in [1.82, 2.24) is 19.7 Å². The van der Waals surface area contributed by atoms with E-state index in [1.165, 1.54) is 0 Å². The number of anilines is 1. The summed E-state index contributed by atoms with van der Waals surface area (Å²) in [6.45, 7) is 1.97. The number of rotatable bonds is 5. The van der Waals surface area contributed by atoms with E-state index in [4.69, 9.17) is 15.0 Å². The number of nitrogens with zero attached hydrogens (tertiary/aromatic N) is 4. The van der Waals surface area contributed by atoms with Crippen molar-refractivity contribution >= 4 is 5.69 Å². The van der Waals surface area contributed by atoms with Gasteiger partial charge in [0.1, 0.15) is 23.5 Å². The van der Waals surface area contributed by atoms with Gasteiger partial charge in [0.2, 0.25) is 0 Å². The maximum atomic E-state index is 5.87. The lowest BCUT2D eigenvalue weighted by Gasteiger charge is -2.08. The van der Waals surface area contributed by atoms with E-state index < -0.39 is 0 Å². The van der Waals surface area contributed by atoms with Gasteiger partial charge in [-0.3, -0.25) is 0 Å². The Morgan fingerprint density at radius 1 is 1.12 bits per heavy atom. The fourth-order valence-electron chi connectivity index (χ4n) is 2.46. The number of nitrogens with two attached hydrogens (primary N) is 1. The minimum atomic E-state index is 0.412. The van der Waals surface area contributed by atoms with Crippen LogP contribution in [-0.4, -0.2) is 19.7 Å². The van der Waals surface area contributed by atoms with Crippen LogP contribution in [0.4, 0.5) is 5.69 Å². The van der Waals surface area contributed by atoms with Crippen molar-refractivity contribution in [2.24, 2.45) is 0 Å². The van der Waals surface area contributed by atoms with Gasteiger partial charge >= 0.3 is 0 Å². The Balaban J connectivity index is 1.57. The van der Waals surface area contributed by atoms with Crippen molar-refractivity contribution in [3.05, 3.63) is 66.9 Å². The molecule has 0 spiro atoms. The standard InChI is InChI=1S/C19H17N5O2/c1-2-18-22-19(26-23-18)17-11-24(12-21-17)14-4-3-5-16(10-14)25-15-8-6-13(20)7-9-15/h3-12H,2,20H2,1H3. The van der Waals surface area contributed by atoms with Crippen LogP contribution in [0.2, 0.25) is 0 Å². The van der Waals surface area contributed by atoms with Gasteiger partial charge in [-0.25, -0.2) is 4.98 Å². The second kappa shape index (κ2) is 6.72.